The molecule has 0 fully saturated rings. The predicted molar refractivity (Wildman–Crippen MR) is 51.9 cm³/mol. The van der Waals surface area contributed by atoms with Crippen molar-refractivity contribution >= 4 is 12.0 Å². The Morgan fingerprint density at radius 3 is 2.79 bits per heavy atom. The van der Waals surface area contributed by atoms with Gasteiger partial charge in [-0.25, -0.2) is 9.78 Å². The molecule has 0 radical (unpaired) electrons. The second-order valence-corrected chi connectivity index (χ2v) is 2.70. The summed E-state index contributed by atoms with van der Waals surface area (Å²) in [6.45, 7) is 0.108. The molecule has 1 rings (SSSR count). The number of hydrogen-bond donors (Lipinski definition) is 2. The van der Waals surface area contributed by atoms with Crippen molar-refractivity contribution in [1.29, 1.82) is 0 Å². The second kappa shape index (κ2) is 5.14. The zero-order valence-corrected chi connectivity index (χ0v) is 7.55. The summed E-state index contributed by atoms with van der Waals surface area (Å²) in [7, 11) is 0. The molecule has 0 aromatic carbocycles. The van der Waals surface area contributed by atoms with Crippen LogP contribution < -0.4 is 0 Å². The zero-order valence-electron chi connectivity index (χ0n) is 7.55. The molecule has 1 heterocycles. The SMILES string of the molecule is O=C(O)c1ccc(C=CCCO)cn1. The van der Waals surface area contributed by atoms with Crippen LogP contribution in [-0.4, -0.2) is 27.8 Å². The maximum atomic E-state index is 10.5. The first-order chi connectivity index (χ1) is 6.74. The molecular formula is C10H11NO3. The van der Waals surface area contributed by atoms with E-state index < -0.39 is 5.97 Å². The van der Waals surface area contributed by atoms with Crippen molar-refractivity contribution in [3.05, 3.63) is 35.7 Å². The maximum Gasteiger partial charge on any atom is 0.354 e. The molecule has 74 valence electrons. The quantitative estimate of drug-likeness (QED) is 0.753. The molecule has 0 aliphatic carbocycles. The number of nitrogens with zero attached hydrogens (tertiary/aromatic N) is 1. The van der Waals surface area contributed by atoms with Crippen molar-refractivity contribution in [2.45, 2.75) is 6.42 Å². The van der Waals surface area contributed by atoms with Gasteiger partial charge in [0.2, 0.25) is 0 Å². The topological polar surface area (TPSA) is 70.4 Å². The van der Waals surface area contributed by atoms with E-state index in [4.69, 9.17) is 10.2 Å². The summed E-state index contributed by atoms with van der Waals surface area (Å²) in [5, 5.41) is 17.1. The van der Waals surface area contributed by atoms with E-state index in [1.165, 1.54) is 12.3 Å². The highest BCUT2D eigenvalue weighted by atomic mass is 16.4. The monoisotopic (exact) mass is 193 g/mol. The smallest absolute Gasteiger partial charge is 0.354 e. The molecule has 0 amide bonds. The van der Waals surface area contributed by atoms with E-state index in [-0.39, 0.29) is 12.3 Å². The van der Waals surface area contributed by atoms with Crippen LogP contribution in [0.1, 0.15) is 22.5 Å². The Morgan fingerprint density at radius 1 is 1.50 bits per heavy atom. The van der Waals surface area contributed by atoms with E-state index in [1.54, 1.807) is 18.2 Å². The van der Waals surface area contributed by atoms with Gasteiger partial charge in [-0.2, -0.15) is 0 Å². The number of hydrogen-bond acceptors (Lipinski definition) is 3. The normalized spacial score (nSPS) is 10.6. The van der Waals surface area contributed by atoms with E-state index in [0.29, 0.717) is 6.42 Å². The minimum absolute atomic E-state index is 0.0318. The minimum Gasteiger partial charge on any atom is -0.477 e. The van der Waals surface area contributed by atoms with Crippen LogP contribution in [0, 0.1) is 0 Å². The molecule has 2 N–H and O–H groups in total. The van der Waals surface area contributed by atoms with E-state index in [9.17, 15) is 4.79 Å². The first kappa shape index (κ1) is 10.4. The maximum absolute atomic E-state index is 10.5. The molecule has 0 saturated carbocycles. The molecular weight excluding hydrogens is 182 g/mol. The van der Waals surface area contributed by atoms with Crippen LogP contribution in [0.25, 0.3) is 6.08 Å². The number of carbonyl (C=O) groups is 1. The van der Waals surface area contributed by atoms with Crippen molar-refractivity contribution < 1.29 is 15.0 Å². The Bertz CT molecular complexity index is 330. The lowest BCUT2D eigenvalue weighted by molar-refractivity contribution is 0.0690. The molecule has 1 aromatic heterocycles. The average Bonchev–Trinajstić information content (AvgIpc) is 2.19. The van der Waals surface area contributed by atoms with E-state index >= 15 is 0 Å². The Labute approximate surface area is 81.5 Å². The van der Waals surface area contributed by atoms with Gasteiger partial charge in [0.25, 0.3) is 0 Å². The van der Waals surface area contributed by atoms with Gasteiger partial charge in [-0.15, -0.1) is 0 Å². The molecule has 0 aliphatic rings. The highest BCUT2D eigenvalue weighted by Crippen LogP contribution is 2.03. The first-order valence-electron chi connectivity index (χ1n) is 4.21. The lowest BCUT2D eigenvalue weighted by atomic mass is 10.2. The minimum atomic E-state index is -1.03. The van der Waals surface area contributed by atoms with Gasteiger partial charge < -0.3 is 10.2 Å². The van der Waals surface area contributed by atoms with Gasteiger partial charge in [0.05, 0.1) is 0 Å². The lowest BCUT2D eigenvalue weighted by Crippen LogP contribution is -1.98. The fourth-order valence-electron chi connectivity index (χ4n) is 0.924. The summed E-state index contributed by atoms with van der Waals surface area (Å²) < 4.78 is 0. The number of aliphatic hydroxyl groups is 1. The molecule has 4 nitrogen and oxygen atoms in total. The Kier molecular flexibility index (Phi) is 3.82. The van der Waals surface area contributed by atoms with E-state index in [2.05, 4.69) is 4.98 Å². The number of aromatic nitrogens is 1. The summed E-state index contributed by atoms with van der Waals surface area (Å²) >= 11 is 0. The molecule has 0 saturated heterocycles. The third kappa shape index (κ3) is 2.99. The number of rotatable bonds is 4. The van der Waals surface area contributed by atoms with Crippen molar-refractivity contribution in [2.24, 2.45) is 0 Å². The molecule has 14 heavy (non-hydrogen) atoms. The van der Waals surface area contributed by atoms with E-state index in [0.717, 1.165) is 5.56 Å². The number of aromatic carboxylic acids is 1. The molecule has 0 atom stereocenters. The Balaban J connectivity index is 2.68. The van der Waals surface area contributed by atoms with Gasteiger partial charge in [0.1, 0.15) is 5.69 Å². The number of pyridine rings is 1. The van der Waals surface area contributed by atoms with Crippen LogP contribution in [-0.2, 0) is 0 Å². The van der Waals surface area contributed by atoms with Crippen molar-refractivity contribution in [1.82, 2.24) is 4.98 Å². The predicted octanol–water partition coefficient (Wildman–Crippen LogP) is 1.18. The van der Waals surface area contributed by atoms with Crippen LogP contribution in [0.2, 0.25) is 0 Å². The molecule has 0 unspecified atom stereocenters. The highest BCUT2D eigenvalue weighted by molar-refractivity contribution is 5.85. The number of carboxylic acid groups (broad SMARTS) is 1. The summed E-state index contributed by atoms with van der Waals surface area (Å²) in [5.74, 6) is -1.03. The van der Waals surface area contributed by atoms with Gasteiger partial charge in [0, 0.05) is 12.8 Å². The summed E-state index contributed by atoms with van der Waals surface area (Å²) in [4.78, 5) is 14.2. The van der Waals surface area contributed by atoms with Crippen LogP contribution in [0.5, 0.6) is 0 Å². The number of aliphatic hydroxyl groups excluding tert-OH is 1. The molecule has 0 spiro atoms. The Hall–Kier alpha value is -1.68. The van der Waals surface area contributed by atoms with Gasteiger partial charge in [-0.1, -0.05) is 18.2 Å². The van der Waals surface area contributed by atoms with Crippen molar-refractivity contribution in [3.63, 3.8) is 0 Å². The van der Waals surface area contributed by atoms with E-state index in [1.807, 2.05) is 0 Å². The molecule has 0 aliphatic heterocycles. The molecule has 0 bridgehead atoms. The van der Waals surface area contributed by atoms with Crippen LogP contribution in [0.3, 0.4) is 0 Å². The van der Waals surface area contributed by atoms with Crippen LogP contribution in [0.4, 0.5) is 0 Å². The largest absolute Gasteiger partial charge is 0.477 e. The van der Waals surface area contributed by atoms with Crippen molar-refractivity contribution in [2.75, 3.05) is 6.61 Å². The molecule has 4 heteroatoms. The average molecular weight is 193 g/mol. The van der Waals surface area contributed by atoms with Crippen molar-refractivity contribution in [3.8, 4) is 0 Å². The number of carboxylic acids is 1. The summed E-state index contributed by atoms with van der Waals surface area (Å²) in [6, 6.07) is 3.12. The Morgan fingerprint density at radius 2 is 2.29 bits per heavy atom. The zero-order chi connectivity index (χ0) is 10.4. The fourth-order valence-corrected chi connectivity index (χ4v) is 0.924. The van der Waals surface area contributed by atoms with Gasteiger partial charge in [0.15, 0.2) is 0 Å². The van der Waals surface area contributed by atoms with Gasteiger partial charge in [-0.05, 0) is 18.1 Å². The summed E-state index contributed by atoms with van der Waals surface area (Å²) in [6.07, 6.45) is 5.66. The van der Waals surface area contributed by atoms with Gasteiger partial charge in [-0.3, -0.25) is 0 Å². The highest BCUT2D eigenvalue weighted by Gasteiger charge is 2.01. The van der Waals surface area contributed by atoms with Crippen LogP contribution >= 0.6 is 0 Å². The summed E-state index contributed by atoms with van der Waals surface area (Å²) in [5.41, 5.74) is 0.854. The van der Waals surface area contributed by atoms with Gasteiger partial charge >= 0.3 is 5.97 Å². The third-order valence-corrected chi connectivity index (χ3v) is 1.61. The first-order valence-corrected chi connectivity index (χ1v) is 4.21. The second-order valence-electron chi connectivity index (χ2n) is 2.70. The molecule has 1 aromatic rings. The standard InChI is InChI=1S/C10H11NO3/c12-6-2-1-3-8-4-5-9(10(13)14)11-7-8/h1,3-5,7,12H,2,6H2,(H,13,14). The third-order valence-electron chi connectivity index (χ3n) is 1.61. The lowest BCUT2D eigenvalue weighted by Gasteiger charge is -1.94. The fraction of sp³-hybridized carbons (Fsp3) is 0.200. The van der Waals surface area contributed by atoms with Crippen LogP contribution in [0.15, 0.2) is 24.4 Å².